The number of aromatic nitrogens is 1. The van der Waals surface area contributed by atoms with E-state index in [1.807, 2.05) is 65.6 Å². The molecule has 0 aliphatic carbocycles. The molecule has 0 saturated carbocycles. The van der Waals surface area contributed by atoms with Crippen molar-refractivity contribution in [1.82, 2.24) is 4.98 Å². The fourth-order valence-corrected chi connectivity index (χ4v) is 5.52. The van der Waals surface area contributed by atoms with Crippen LogP contribution in [0.2, 0.25) is 0 Å². The van der Waals surface area contributed by atoms with Gasteiger partial charge in [-0.1, -0.05) is 72.0 Å². The molecule has 2 heterocycles. The molecule has 1 fully saturated rings. The summed E-state index contributed by atoms with van der Waals surface area (Å²) in [5, 5.41) is 0.743. The lowest BCUT2D eigenvalue weighted by atomic mass is 9.90. The highest BCUT2D eigenvalue weighted by Gasteiger charge is 2.32. The van der Waals surface area contributed by atoms with Crippen LogP contribution in [-0.2, 0) is 9.53 Å². The molecule has 1 atom stereocenters. The van der Waals surface area contributed by atoms with E-state index in [4.69, 9.17) is 9.72 Å². The maximum absolute atomic E-state index is 14.3. The van der Waals surface area contributed by atoms with Gasteiger partial charge in [-0.2, -0.15) is 0 Å². The van der Waals surface area contributed by atoms with E-state index in [0.29, 0.717) is 6.54 Å². The minimum Gasteiger partial charge on any atom is -0.376 e. The largest absolute Gasteiger partial charge is 0.376 e. The van der Waals surface area contributed by atoms with Gasteiger partial charge in [0, 0.05) is 6.61 Å². The number of carbonyl (C=O) groups is 1. The molecule has 0 spiro atoms. The van der Waals surface area contributed by atoms with Gasteiger partial charge in [-0.3, -0.25) is 9.69 Å². The first-order chi connectivity index (χ1) is 16.1. The molecule has 4 aromatic rings. The molecular formula is C28H28N2O2S. The summed E-state index contributed by atoms with van der Waals surface area (Å²) in [4.78, 5) is 21.1. The van der Waals surface area contributed by atoms with Crippen LogP contribution in [0.5, 0.6) is 0 Å². The zero-order chi connectivity index (χ0) is 22.8. The number of nitrogens with zero attached hydrogens (tertiary/aromatic N) is 2. The predicted octanol–water partition coefficient (Wildman–Crippen LogP) is 6.26. The van der Waals surface area contributed by atoms with Gasteiger partial charge < -0.3 is 4.74 Å². The van der Waals surface area contributed by atoms with Crippen molar-refractivity contribution in [2.45, 2.75) is 38.7 Å². The van der Waals surface area contributed by atoms with Crippen molar-refractivity contribution in [3.8, 4) is 0 Å². The summed E-state index contributed by atoms with van der Waals surface area (Å²) < 4.78 is 7.05. The molecule has 0 radical (unpaired) electrons. The van der Waals surface area contributed by atoms with Crippen LogP contribution in [0.25, 0.3) is 10.2 Å². The number of amides is 1. The first kappa shape index (κ1) is 21.8. The maximum Gasteiger partial charge on any atom is 0.240 e. The second-order valence-corrected chi connectivity index (χ2v) is 9.75. The molecule has 0 N–H and O–H groups in total. The van der Waals surface area contributed by atoms with Gasteiger partial charge in [0.25, 0.3) is 0 Å². The molecular weight excluding hydrogens is 428 g/mol. The number of ether oxygens (including phenoxy) is 1. The first-order valence-corrected chi connectivity index (χ1v) is 12.3. The molecule has 5 rings (SSSR count). The van der Waals surface area contributed by atoms with Gasteiger partial charge in [-0.05, 0) is 61.1 Å². The lowest BCUT2D eigenvalue weighted by molar-refractivity contribution is -0.119. The molecule has 1 unspecified atom stereocenters. The second kappa shape index (κ2) is 9.46. The van der Waals surface area contributed by atoms with Crippen LogP contribution in [0, 0.1) is 13.8 Å². The quantitative estimate of drug-likeness (QED) is 0.344. The standard InChI is InChI=1S/C28H28N2O2S/c1-19-16-24-25(17-20(19)2)33-28(29-24)30(18-23-14-9-15-32-23)27(31)26(21-10-5-3-6-11-21)22-12-7-4-8-13-22/h3-8,10-13,16-17,23,26H,9,14-15,18H2,1-2H3. The summed E-state index contributed by atoms with van der Waals surface area (Å²) in [5.41, 5.74) is 5.36. The normalized spacial score (nSPS) is 15.9. The van der Waals surface area contributed by atoms with Crippen LogP contribution in [0.4, 0.5) is 5.13 Å². The number of hydrogen-bond donors (Lipinski definition) is 0. The number of carbonyl (C=O) groups excluding carboxylic acids is 1. The van der Waals surface area contributed by atoms with E-state index in [1.165, 1.54) is 11.1 Å². The summed E-state index contributed by atoms with van der Waals surface area (Å²) in [5.74, 6) is -0.361. The van der Waals surface area contributed by atoms with E-state index < -0.39 is 5.92 Å². The second-order valence-electron chi connectivity index (χ2n) is 8.74. The Kier molecular flexibility index (Phi) is 6.25. The average Bonchev–Trinajstić information content (AvgIpc) is 3.49. The number of thiazole rings is 1. The van der Waals surface area contributed by atoms with Gasteiger partial charge in [0.1, 0.15) is 0 Å². The lowest BCUT2D eigenvalue weighted by Gasteiger charge is -2.28. The van der Waals surface area contributed by atoms with E-state index in [2.05, 4.69) is 26.0 Å². The molecule has 1 aliphatic heterocycles. The number of hydrogen-bond acceptors (Lipinski definition) is 4. The molecule has 1 aromatic heterocycles. The summed E-state index contributed by atoms with van der Waals surface area (Å²) in [6, 6.07) is 24.4. The number of rotatable bonds is 6. The van der Waals surface area contributed by atoms with Gasteiger partial charge in [0.05, 0.1) is 28.8 Å². The Balaban J connectivity index is 1.59. The Hall–Kier alpha value is -3.02. The van der Waals surface area contributed by atoms with Gasteiger partial charge >= 0.3 is 0 Å². The zero-order valence-corrected chi connectivity index (χ0v) is 19.8. The highest BCUT2D eigenvalue weighted by molar-refractivity contribution is 7.22. The Morgan fingerprint density at radius 1 is 1.03 bits per heavy atom. The van der Waals surface area contributed by atoms with E-state index in [1.54, 1.807) is 11.3 Å². The highest BCUT2D eigenvalue weighted by atomic mass is 32.1. The maximum atomic E-state index is 14.3. The molecule has 3 aromatic carbocycles. The van der Waals surface area contributed by atoms with Crippen molar-refractivity contribution in [1.29, 1.82) is 0 Å². The summed E-state index contributed by atoms with van der Waals surface area (Å²) in [6.07, 6.45) is 2.04. The predicted molar refractivity (Wildman–Crippen MR) is 135 cm³/mol. The molecule has 4 nitrogen and oxygen atoms in total. The first-order valence-electron chi connectivity index (χ1n) is 11.5. The van der Waals surface area contributed by atoms with E-state index in [9.17, 15) is 4.79 Å². The van der Waals surface area contributed by atoms with Crippen LogP contribution >= 0.6 is 11.3 Å². The minimum atomic E-state index is -0.399. The van der Waals surface area contributed by atoms with Crippen LogP contribution in [-0.4, -0.2) is 30.1 Å². The van der Waals surface area contributed by atoms with Crippen LogP contribution in [0.15, 0.2) is 72.8 Å². The molecule has 168 valence electrons. The Labute approximate surface area is 198 Å². The zero-order valence-electron chi connectivity index (χ0n) is 19.0. The van der Waals surface area contributed by atoms with Gasteiger partial charge in [-0.25, -0.2) is 4.98 Å². The van der Waals surface area contributed by atoms with Crippen molar-refractivity contribution in [3.63, 3.8) is 0 Å². The minimum absolute atomic E-state index is 0.0374. The summed E-state index contributed by atoms with van der Waals surface area (Å²) >= 11 is 1.59. The smallest absolute Gasteiger partial charge is 0.240 e. The van der Waals surface area contributed by atoms with Crippen molar-refractivity contribution < 1.29 is 9.53 Å². The van der Waals surface area contributed by atoms with E-state index >= 15 is 0 Å². The molecule has 1 aliphatic rings. The van der Waals surface area contributed by atoms with Crippen molar-refractivity contribution in [2.75, 3.05) is 18.1 Å². The van der Waals surface area contributed by atoms with Gasteiger partial charge in [0.15, 0.2) is 5.13 Å². The Morgan fingerprint density at radius 3 is 2.27 bits per heavy atom. The monoisotopic (exact) mass is 456 g/mol. The van der Waals surface area contributed by atoms with Crippen molar-refractivity contribution >= 4 is 32.6 Å². The number of aryl methyl sites for hydroxylation is 2. The molecule has 1 saturated heterocycles. The van der Waals surface area contributed by atoms with Crippen LogP contribution in [0.1, 0.15) is 41.0 Å². The number of anilines is 1. The Morgan fingerprint density at radius 2 is 1.67 bits per heavy atom. The average molecular weight is 457 g/mol. The SMILES string of the molecule is Cc1cc2nc(N(CC3CCCO3)C(=O)C(c3ccccc3)c3ccccc3)sc2cc1C. The summed E-state index contributed by atoms with van der Waals surface area (Å²) in [7, 11) is 0. The fraction of sp³-hybridized carbons (Fsp3) is 0.286. The fourth-order valence-electron chi connectivity index (χ4n) is 4.46. The summed E-state index contributed by atoms with van der Waals surface area (Å²) in [6.45, 7) is 5.49. The molecule has 1 amide bonds. The third-order valence-electron chi connectivity index (χ3n) is 6.41. The van der Waals surface area contributed by atoms with Gasteiger partial charge in [-0.15, -0.1) is 0 Å². The third kappa shape index (κ3) is 4.56. The Bertz CT molecular complexity index is 1170. The topological polar surface area (TPSA) is 42.4 Å². The van der Waals surface area contributed by atoms with Gasteiger partial charge in [0.2, 0.25) is 5.91 Å². The van der Waals surface area contributed by atoms with E-state index in [0.717, 1.165) is 45.9 Å². The van der Waals surface area contributed by atoms with Crippen molar-refractivity contribution in [2.24, 2.45) is 0 Å². The molecule has 33 heavy (non-hydrogen) atoms. The van der Waals surface area contributed by atoms with Crippen LogP contribution < -0.4 is 4.90 Å². The lowest BCUT2D eigenvalue weighted by Crippen LogP contribution is -2.40. The highest BCUT2D eigenvalue weighted by Crippen LogP contribution is 2.35. The molecule has 0 bridgehead atoms. The van der Waals surface area contributed by atoms with Crippen LogP contribution in [0.3, 0.4) is 0 Å². The number of benzene rings is 3. The number of fused-ring (bicyclic) bond motifs is 1. The van der Waals surface area contributed by atoms with Crippen molar-refractivity contribution in [3.05, 3.63) is 95.1 Å². The van der Waals surface area contributed by atoms with E-state index in [-0.39, 0.29) is 12.0 Å². The third-order valence-corrected chi connectivity index (χ3v) is 7.45. The molecule has 5 heteroatoms.